The highest BCUT2D eigenvalue weighted by molar-refractivity contribution is 6.18. The number of aromatic nitrogens is 3. The van der Waals surface area contributed by atoms with Crippen molar-refractivity contribution >= 4 is 22.9 Å². The van der Waals surface area contributed by atoms with Crippen LogP contribution in [0.4, 0.5) is 5.82 Å². The van der Waals surface area contributed by atoms with Crippen LogP contribution in [0.5, 0.6) is 0 Å². The first-order valence-corrected chi connectivity index (χ1v) is 7.03. The average Bonchev–Trinajstić information content (AvgIpc) is 2.89. The van der Waals surface area contributed by atoms with E-state index in [4.69, 9.17) is 11.6 Å². The van der Waals surface area contributed by atoms with Gasteiger partial charge in [-0.05, 0) is 24.8 Å². The van der Waals surface area contributed by atoms with Gasteiger partial charge in [-0.15, -0.1) is 11.6 Å². The number of hydrogen-bond acceptors (Lipinski definition) is 3. The zero-order valence-corrected chi connectivity index (χ0v) is 11.0. The van der Waals surface area contributed by atoms with Crippen LogP contribution in [0.3, 0.4) is 0 Å². The monoisotopic (exact) mass is 264 g/mol. The number of nitrogens with zero attached hydrogens (tertiary/aromatic N) is 3. The van der Waals surface area contributed by atoms with Crippen LogP contribution in [0.25, 0.3) is 5.52 Å². The third-order valence-electron chi connectivity index (χ3n) is 3.75. The summed E-state index contributed by atoms with van der Waals surface area (Å²) in [5.74, 6) is 2.18. The van der Waals surface area contributed by atoms with Crippen molar-refractivity contribution in [3.8, 4) is 0 Å². The van der Waals surface area contributed by atoms with Gasteiger partial charge < -0.3 is 5.32 Å². The van der Waals surface area contributed by atoms with Gasteiger partial charge in [-0.2, -0.15) is 5.10 Å². The molecular formula is C13H17ClN4. The van der Waals surface area contributed by atoms with Crippen LogP contribution in [-0.4, -0.2) is 26.5 Å². The summed E-state index contributed by atoms with van der Waals surface area (Å²) in [6, 6.07) is 2.42. The Morgan fingerprint density at radius 1 is 1.33 bits per heavy atom. The summed E-state index contributed by atoms with van der Waals surface area (Å²) < 4.78 is 1.84. The second kappa shape index (κ2) is 5.14. The number of alkyl halides is 1. The average molecular weight is 265 g/mol. The maximum Gasteiger partial charge on any atom is 0.152 e. The van der Waals surface area contributed by atoms with Gasteiger partial charge in [0.15, 0.2) is 5.82 Å². The largest absolute Gasteiger partial charge is 0.365 e. The van der Waals surface area contributed by atoms with Crippen molar-refractivity contribution in [2.24, 2.45) is 5.92 Å². The molecule has 96 valence electrons. The summed E-state index contributed by atoms with van der Waals surface area (Å²) >= 11 is 6.06. The first-order valence-electron chi connectivity index (χ1n) is 6.49. The van der Waals surface area contributed by atoms with Crippen molar-refractivity contribution in [1.82, 2.24) is 14.6 Å². The van der Waals surface area contributed by atoms with Gasteiger partial charge in [0, 0.05) is 24.3 Å². The Hall–Kier alpha value is -1.29. The molecule has 0 bridgehead atoms. The molecule has 0 spiro atoms. The Labute approximate surface area is 111 Å². The molecule has 5 heteroatoms. The Morgan fingerprint density at radius 3 is 3.11 bits per heavy atom. The fourth-order valence-corrected chi connectivity index (χ4v) is 3.10. The Bertz CT molecular complexity index is 524. The van der Waals surface area contributed by atoms with E-state index < -0.39 is 0 Å². The van der Waals surface area contributed by atoms with Crippen LogP contribution < -0.4 is 5.32 Å². The van der Waals surface area contributed by atoms with Crippen LogP contribution in [0.15, 0.2) is 24.7 Å². The topological polar surface area (TPSA) is 42.2 Å². The number of fused-ring (bicyclic) bond motifs is 1. The van der Waals surface area contributed by atoms with E-state index >= 15 is 0 Å². The lowest BCUT2D eigenvalue weighted by Crippen LogP contribution is -2.33. The summed E-state index contributed by atoms with van der Waals surface area (Å²) in [5, 5.41) is 7.78. The lowest BCUT2D eigenvalue weighted by Gasteiger charge is -2.31. The minimum atomic E-state index is 0.435. The van der Waals surface area contributed by atoms with E-state index in [1.807, 2.05) is 16.8 Å². The van der Waals surface area contributed by atoms with E-state index in [1.54, 1.807) is 12.4 Å². The molecule has 1 saturated carbocycles. The molecule has 2 unspecified atom stereocenters. The first-order chi connectivity index (χ1) is 8.88. The Kier molecular flexibility index (Phi) is 3.37. The molecule has 18 heavy (non-hydrogen) atoms. The highest BCUT2D eigenvalue weighted by atomic mass is 35.5. The minimum absolute atomic E-state index is 0.435. The number of anilines is 1. The van der Waals surface area contributed by atoms with Gasteiger partial charge in [-0.1, -0.05) is 12.8 Å². The molecule has 3 rings (SSSR count). The maximum atomic E-state index is 6.06. The molecule has 0 aliphatic heterocycles. The summed E-state index contributed by atoms with van der Waals surface area (Å²) in [4.78, 5) is 4.43. The van der Waals surface area contributed by atoms with E-state index in [1.165, 1.54) is 25.7 Å². The molecular weight excluding hydrogens is 248 g/mol. The quantitative estimate of drug-likeness (QED) is 0.867. The first kappa shape index (κ1) is 11.8. The van der Waals surface area contributed by atoms with Gasteiger partial charge >= 0.3 is 0 Å². The molecule has 1 fully saturated rings. The van der Waals surface area contributed by atoms with E-state index in [-0.39, 0.29) is 0 Å². The Balaban J connectivity index is 1.84. The van der Waals surface area contributed by atoms with Gasteiger partial charge in [-0.25, -0.2) is 9.50 Å². The maximum absolute atomic E-state index is 6.06. The van der Waals surface area contributed by atoms with Crippen molar-refractivity contribution in [1.29, 1.82) is 0 Å². The fourth-order valence-electron chi connectivity index (χ4n) is 2.73. The lowest BCUT2D eigenvalue weighted by atomic mass is 9.86. The second-order valence-electron chi connectivity index (χ2n) is 4.89. The van der Waals surface area contributed by atoms with Crippen LogP contribution in [0.2, 0.25) is 0 Å². The van der Waals surface area contributed by atoms with Gasteiger partial charge in [0.1, 0.15) is 5.52 Å². The summed E-state index contributed by atoms with van der Waals surface area (Å²) in [5.41, 5.74) is 1.02. The Morgan fingerprint density at radius 2 is 2.22 bits per heavy atom. The number of nitrogens with one attached hydrogen (secondary N) is 1. The lowest BCUT2D eigenvalue weighted by molar-refractivity contribution is 0.352. The minimum Gasteiger partial charge on any atom is -0.365 e. The second-order valence-corrected chi connectivity index (χ2v) is 5.20. The molecule has 1 N–H and O–H groups in total. The summed E-state index contributed by atoms with van der Waals surface area (Å²) in [6.07, 6.45) is 10.4. The SMILES string of the molecule is ClCC1CCCCC1Nc1nccn2nccc12. The molecule has 2 heterocycles. The van der Waals surface area contributed by atoms with Crippen molar-refractivity contribution in [3.05, 3.63) is 24.7 Å². The van der Waals surface area contributed by atoms with Crippen LogP contribution in [-0.2, 0) is 0 Å². The van der Waals surface area contributed by atoms with E-state index in [9.17, 15) is 0 Å². The molecule has 2 atom stereocenters. The van der Waals surface area contributed by atoms with Crippen molar-refractivity contribution in [2.45, 2.75) is 31.7 Å². The molecule has 0 aromatic carbocycles. The van der Waals surface area contributed by atoms with Crippen molar-refractivity contribution in [3.63, 3.8) is 0 Å². The zero-order valence-electron chi connectivity index (χ0n) is 10.2. The van der Waals surface area contributed by atoms with E-state index in [2.05, 4.69) is 15.4 Å². The third kappa shape index (κ3) is 2.17. The predicted octanol–water partition coefficient (Wildman–Crippen LogP) is 2.94. The van der Waals surface area contributed by atoms with Crippen molar-refractivity contribution in [2.75, 3.05) is 11.2 Å². The number of rotatable bonds is 3. The molecule has 1 aliphatic carbocycles. The molecule has 4 nitrogen and oxygen atoms in total. The number of halogens is 1. The predicted molar refractivity (Wildman–Crippen MR) is 73.1 cm³/mol. The third-order valence-corrected chi connectivity index (χ3v) is 4.15. The van der Waals surface area contributed by atoms with Crippen LogP contribution in [0.1, 0.15) is 25.7 Å². The van der Waals surface area contributed by atoms with Gasteiger partial charge in [0.25, 0.3) is 0 Å². The van der Waals surface area contributed by atoms with Gasteiger partial charge in [-0.3, -0.25) is 0 Å². The molecule has 0 saturated heterocycles. The molecule has 0 radical (unpaired) electrons. The standard InChI is InChI=1S/C13H17ClN4/c14-9-10-3-1-2-4-11(10)17-13-12-5-6-16-18(12)8-7-15-13/h5-8,10-11H,1-4,9H2,(H,15,17). The molecule has 2 aromatic rings. The zero-order chi connectivity index (χ0) is 12.4. The van der Waals surface area contributed by atoms with Crippen molar-refractivity contribution < 1.29 is 0 Å². The smallest absolute Gasteiger partial charge is 0.152 e. The summed E-state index contributed by atoms with van der Waals surface area (Å²) in [7, 11) is 0. The van der Waals surface area contributed by atoms with E-state index in [0.717, 1.165) is 17.2 Å². The summed E-state index contributed by atoms with van der Waals surface area (Å²) in [6.45, 7) is 0. The highest BCUT2D eigenvalue weighted by Crippen LogP contribution is 2.28. The fraction of sp³-hybridized carbons (Fsp3) is 0.538. The van der Waals surface area contributed by atoms with Gasteiger partial charge in [0.05, 0.1) is 6.20 Å². The molecule has 2 aromatic heterocycles. The normalized spacial score (nSPS) is 24.3. The van der Waals surface area contributed by atoms with Crippen LogP contribution in [0, 0.1) is 5.92 Å². The molecule has 0 amide bonds. The van der Waals surface area contributed by atoms with E-state index in [0.29, 0.717) is 12.0 Å². The van der Waals surface area contributed by atoms with Gasteiger partial charge in [0.2, 0.25) is 0 Å². The number of hydrogen-bond donors (Lipinski definition) is 1. The molecule has 1 aliphatic rings. The highest BCUT2D eigenvalue weighted by Gasteiger charge is 2.25. The van der Waals surface area contributed by atoms with Crippen LogP contribution >= 0.6 is 11.6 Å².